The largest absolute Gasteiger partial charge is 0.491 e. The monoisotopic (exact) mass is 308 g/mol. The Morgan fingerprint density at radius 2 is 2.14 bits per heavy atom. The molecule has 0 bridgehead atoms. The summed E-state index contributed by atoms with van der Waals surface area (Å²) in [5.41, 5.74) is 6.10. The standard InChI is InChI=1S/C16H21ClN2O2/c17-13-3-1-2-4-15(13)21-8-7-16(20)19-9-11-5-6-14(18)12(11)10-19/h1-4,11-12,14H,5-10,18H2. The molecule has 1 aliphatic carbocycles. The lowest BCUT2D eigenvalue weighted by Crippen LogP contribution is -2.34. The van der Waals surface area contributed by atoms with E-state index < -0.39 is 0 Å². The van der Waals surface area contributed by atoms with Crippen LogP contribution in [0.1, 0.15) is 19.3 Å². The zero-order chi connectivity index (χ0) is 14.8. The Bertz CT molecular complexity index is 523. The highest BCUT2D eigenvalue weighted by molar-refractivity contribution is 6.32. The summed E-state index contributed by atoms with van der Waals surface area (Å²) in [6.45, 7) is 2.04. The molecule has 5 heteroatoms. The smallest absolute Gasteiger partial charge is 0.226 e. The fourth-order valence-electron chi connectivity index (χ4n) is 3.48. The summed E-state index contributed by atoms with van der Waals surface area (Å²) in [4.78, 5) is 14.2. The summed E-state index contributed by atoms with van der Waals surface area (Å²) < 4.78 is 5.58. The third-order valence-corrected chi connectivity index (χ3v) is 4.99. The van der Waals surface area contributed by atoms with E-state index in [1.54, 1.807) is 6.07 Å². The van der Waals surface area contributed by atoms with Gasteiger partial charge in [-0.05, 0) is 36.8 Å². The number of ether oxygens (including phenoxy) is 1. The van der Waals surface area contributed by atoms with Gasteiger partial charge in [0.25, 0.3) is 0 Å². The second kappa shape index (κ2) is 6.24. The van der Waals surface area contributed by atoms with Gasteiger partial charge in [-0.2, -0.15) is 0 Å². The molecule has 1 aromatic rings. The average molecular weight is 309 g/mol. The van der Waals surface area contributed by atoms with Gasteiger partial charge in [0.1, 0.15) is 5.75 Å². The van der Waals surface area contributed by atoms with Crippen molar-refractivity contribution < 1.29 is 9.53 Å². The Morgan fingerprint density at radius 3 is 2.90 bits per heavy atom. The minimum Gasteiger partial charge on any atom is -0.491 e. The lowest BCUT2D eigenvalue weighted by atomic mass is 9.98. The van der Waals surface area contributed by atoms with Gasteiger partial charge in [0.2, 0.25) is 5.91 Å². The van der Waals surface area contributed by atoms with Gasteiger partial charge < -0.3 is 15.4 Å². The second-order valence-electron chi connectivity index (χ2n) is 5.99. The van der Waals surface area contributed by atoms with Gasteiger partial charge in [0, 0.05) is 19.1 Å². The van der Waals surface area contributed by atoms with Crippen molar-refractivity contribution >= 4 is 17.5 Å². The topological polar surface area (TPSA) is 55.6 Å². The zero-order valence-corrected chi connectivity index (χ0v) is 12.8. The maximum atomic E-state index is 12.2. The number of fused-ring (bicyclic) bond motifs is 1. The van der Waals surface area contributed by atoms with Crippen LogP contribution < -0.4 is 10.5 Å². The van der Waals surface area contributed by atoms with E-state index in [9.17, 15) is 4.79 Å². The third-order valence-electron chi connectivity index (χ3n) is 4.68. The minimum atomic E-state index is 0.156. The van der Waals surface area contributed by atoms with Crippen LogP contribution in [-0.4, -0.2) is 36.5 Å². The Labute approximate surface area is 130 Å². The Morgan fingerprint density at radius 1 is 1.33 bits per heavy atom. The molecule has 0 aromatic heterocycles. The number of amides is 1. The number of likely N-dealkylation sites (tertiary alicyclic amines) is 1. The molecule has 21 heavy (non-hydrogen) atoms. The van der Waals surface area contributed by atoms with Gasteiger partial charge in [-0.15, -0.1) is 0 Å². The summed E-state index contributed by atoms with van der Waals surface area (Å²) in [5.74, 6) is 1.89. The number of halogens is 1. The lowest BCUT2D eigenvalue weighted by Gasteiger charge is -2.19. The number of carbonyl (C=O) groups excluding carboxylic acids is 1. The number of hydrogen-bond donors (Lipinski definition) is 1. The molecule has 2 aliphatic rings. The van der Waals surface area contributed by atoms with Crippen LogP contribution >= 0.6 is 11.6 Å². The number of carbonyl (C=O) groups is 1. The highest BCUT2D eigenvalue weighted by Crippen LogP contribution is 2.37. The highest BCUT2D eigenvalue weighted by atomic mass is 35.5. The van der Waals surface area contributed by atoms with Crippen LogP contribution in [0.4, 0.5) is 0 Å². The molecule has 1 saturated carbocycles. The van der Waals surface area contributed by atoms with E-state index >= 15 is 0 Å². The van der Waals surface area contributed by atoms with Crippen molar-refractivity contribution in [3.8, 4) is 5.75 Å². The molecule has 1 saturated heterocycles. The van der Waals surface area contributed by atoms with Gasteiger partial charge in [-0.25, -0.2) is 0 Å². The fraction of sp³-hybridized carbons (Fsp3) is 0.562. The van der Waals surface area contributed by atoms with E-state index in [-0.39, 0.29) is 11.9 Å². The summed E-state index contributed by atoms with van der Waals surface area (Å²) in [7, 11) is 0. The van der Waals surface area contributed by atoms with Crippen molar-refractivity contribution in [2.75, 3.05) is 19.7 Å². The minimum absolute atomic E-state index is 0.156. The molecule has 0 radical (unpaired) electrons. The van der Waals surface area contributed by atoms with Crippen molar-refractivity contribution in [2.45, 2.75) is 25.3 Å². The summed E-state index contributed by atoms with van der Waals surface area (Å²) in [5, 5.41) is 0.576. The van der Waals surface area contributed by atoms with Crippen molar-refractivity contribution in [3.63, 3.8) is 0 Å². The first-order valence-corrected chi connectivity index (χ1v) is 7.93. The van der Waals surface area contributed by atoms with Crippen LogP contribution in [0.15, 0.2) is 24.3 Å². The zero-order valence-electron chi connectivity index (χ0n) is 12.0. The van der Waals surface area contributed by atoms with Crippen LogP contribution in [-0.2, 0) is 4.79 Å². The molecule has 4 nitrogen and oxygen atoms in total. The first kappa shape index (κ1) is 14.7. The molecule has 1 heterocycles. The Kier molecular flexibility index (Phi) is 4.36. The number of benzene rings is 1. The SMILES string of the molecule is NC1CCC2CN(C(=O)CCOc3ccccc3Cl)CC12. The number of para-hydroxylation sites is 1. The van der Waals surface area contributed by atoms with Gasteiger partial charge >= 0.3 is 0 Å². The summed E-state index contributed by atoms with van der Waals surface area (Å²) in [6, 6.07) is 7.58. The van der Waals surface area contributed by atoms with E-state index in [1.165, 1.54) is 0 Å². The average Bonchev–Trinajstić information content (AvgIpc) is 3.04. The van der Waals surface area contributed by atoms with Crippen molar-refractivity contribution in [3.05, 3.63) is 29.3 Å². The van der Waals surface area contributed by atoms with Crippen molar-refractivity contribution in [1.29, 1.82) is 0 Å². The first-order valence-electron chi connectivity index (χ1n) is 7.56. The number of nitrogens with zero attached hydrogens (tertiary/aromatic N) is 1. The third kappa shape index (κ3) is 3.16. The van der Waals surface area contributed by atoms with Gasteiger partial charge in [0.15, 0.2) is 0 Å². The molecule has 1 amide bonds. The molecule has 3 rings (SSSR count). The van der Waals surface area contributed by atoms with Gasteiger partial charge in [-0.3, -0.25) is 4.79 Å². The quantitative estimate of drug-likeness (QED) is 0.928. The first-order chi connectivity index (χ1) is 10.1. The predicted octanol–water partition coefficient (Wildman–Crippen LogP) is 2.30. The van der Waals surface area contributed by atoms with Crippen molar-refractivity contribution in [2.24, 2.45) is 17.6 Å². The van der Waals surface area contributed by atoms with Crippen LogP contribution in [0.25, 0.3) is 0 Å². The maximum Gasteiger partial charge on any atom is 0.226 e. The molecule has 3 unspecified atom stereocenters. The van der Waals surface area contributed by atoms with Crippen LogP contribution in [0.3, 0.4) is 0 Å². The molecule has 1 aromatic carbocycles. The molecule has 1 aliphatic heterocycles. The molecule has 114 valence electrons. The number of hydrogen-bond acceptors (Lipinski definition) is 3. The maximum absolute atomic E-state index is 12.2. The van der Waals surface area contributed by atoms with Crippen LogP contribution in [0, 0.1) is 11.8 Å². The predicted molar refractivity (Wildman–Crippen MR) is 82.3 cm³/mol. The van der Waals surface area contributed by atoms with Crippen LogP contribution in [0.2, 0.25) is 5.02 Å². The molecular weight excluding hydrogens is 288 g/mol. The highest BCUT2D eigenvalue weighted by Gasteiger charge is 2.42. The summed E-state index contributed by atoms with van der Waals surface area (Å²) in [6.07, 6.45) is 2.65. The van der Waals surface area contributed by atoms with Crippen LogP contribution in [0.5, 0.6) is 5.75 Å². The molecule has 2 fully saturated rings. The van der Waals surface area contributed by atoms with E-state index in [2.05, 4.69) is 0 Å². The van der Waals surface area contributed by atoms with Gasteiger partial charge in [-0.1, -0.05) is 23.7 Å². The van der Waals surface area contributed by atoms with E-state index in [0.29, 0.717) is 35.6 Å². The normalized spacial score (nSPS) is 27.7. The van der Waals surface area contributed by atoms with E-state index in [0.717, 1.165) is 25.9 Å². The van der Waals surface area contributed by atoms with E-state index in [1.807, 2.05) is 23.1 Å². The molecule has 2 N–H and O–H groups in total. The Hall–Kier alpha value is -1.26. The molecular formula is C16H21ClN2O2. The molecule has 3 atom stereocenters. The number of nitrogens with two attached hydrogens (primary N) is 1. The Balaban J connectivity index is 1.46. The lowest BCUT2D eigenvalue weighted by molar-refractivity contribution is -0.131. The molecule has 0 spiro atoms. The summed E-state index contributed by atoms with van der Waals surface area (Å²) >= 11 is 6.01. The number of rotatable bonds is 4. The second-order valence-corrected chi connectivity index (χ2v) is 6.40. The van der Waals surface area contributed by atoms with Crippen molar-refractivity contribution in [1.82, 2.24) is 4.90 Å². The van der Waals surface area contributed by atoms with Gasteiger partial charge in [0.05, 0.1) is 18.1 Å². The van der Waals surface area contributed by atoms with E-state index in [4.69, 9.17) is 22.1 Å². The fourth-order valence-corrected chi connectivity index (χ4v) is 3.67.